The van der Waals surface area contributed by atoms with Gasteiger partial charge in [0.05, 0.1) is 6.54 Å². The summed E-state index contributed by atoms with van der Waals surface area (Å²) in [5.74, 6) is -0.357. The van der Waals surface area contributed by atoms with Crippen LogP contribution in [0.2, 0.25) is 0 Å². The van der Waals surface area contributed by atoms with Crippen molar-refractivity contribution in [3.8, 4) is 0 Å². The summed E-state index contributed by atoms with van der Waals surface area (Å²) in [6.45, 7) is 2.32. The van der Waals surface area contributed by atoms with E-state index in [1.165, 1.54) is 6.33 Å². The SMILES string of the molecule is CC(CC(=O)Nc1ccccc1Cn1cncn1)NC(=O)c1ccccc1. The zero-order valence-corrected chi connectivity index (χ0v) is 15.0. The molecular weight excluding hydrogens is 342 g/mol. The maximum atomic E-state index is 12.4. The number of para-hydroxylation sites is 1. The molecule has 0 saturated carbocycles. The van der Waals surface area contributed by atoms with E-state index in [9.17, 15) is 9.59 Å². The molecule has 0 spiro atoms. The van der Waals surface area contributed by atoms with E-state index in [-0.39, 0.29) is 24.3 Å². The summed E-state index contributed by atoms with van der Waals surface area (Å²) in [5, 5.41) is 9.84. The lowest BCUT2D eigenvalue weighted by molar-refractivity contribution is -0.116. The van der Waals surface area contributed by atoms with Gasteiger partial charge < -0.3 is 10.6 Å². The van der Waals surface area contributed by atoms with E-state index in [0.29, 0.717) is 12.1 Å². The van der Waals surface area contributed by atoms with Gasteiger partial charge in [0, 0.05) is 23.7 Å². The Morgan fingerprint density at radius 2 is 1.81 bits per heavy atom. The van der Waals surface area contributed by atoms with Crippen LogP contribution in [0.15, 0.2) is 67.3 Å². The lowest BCUT2D eigenvalue weighted by atomic mass is 10.1. The quantitative estimate of drug-likeness (QED) is 0.675. The van der Waals surface area contributed by atoms with Crippen LogP contribution in [0.5, 0.6) is 0 Å². The first kappa shape index (κ1) is 18.3. The predicted octanol–water partition coefficient (Wildman–Crippen LogP) is 2.47. The van der Waals surface area contributed by atoms with Gasteiger partial charge in [0.2, 0.25) is 5.91 Å². The van der Waals surface area contributed by atoms with E-state index in [0.717, 1.165) is 11.3 Å². The zero-order chi connectivity index (χ0) is 19.1. The summed E-state index contributed by atoms with van der Waals surface area (Å²) in [6.07, 6.45) is 3.27. The van der Waals surface area contributed by atoms with E-state index >= 15 is 0 Å². The smallest absolute Gasteiger partial charge is 0.251 e. The van der Waals surface area contributed by atoms with Crippen molar-refractivity contribution < 1.29 is 9.59 Å². The van der Waals surface area contributed by atoms with Crippen molar-refractivity contribution in [1.82, 2.24) is 20.1 Å². The van der Waals surface area contributed by atoms with E-state index in [1.807, 2.05) is 37.3 Å². The van der Waals surface area contributed by atoms with Gasteiger partial charge in [-0.05, 0) is 30.7 Å². The third-order valence-corrected chi connectivity index (χ3v) is 4.00. The Labute approximate surface area is 157 Å². The third-order valence-electron chi connectivity index (χ3n) is 4.00. The first-order valence-corrected chi connectivity index (χ1v) is 8.68. The maximum absolute atomic E-state index is 12.4. The highest BCUT2D eigenvalue weighted by atomic mass is 16.2. The zero-order valence-electron chi connectivity index (χ0n) is 15.0. The average molecular weight is 363 g/mol. The normalized spacial score (nSPS) is 11.6. The van der Waals surface area contributed by atoms with Gasteiger partial charge in [-0.2, -0.15) is 5.10 Å². The highest BCUT2D eigenvalue weighted by molar-refractivity contribution is 5.95. The van der Waals surface area contributed by atoms with Gasteiger partial charge in [-0.3, -0.25) is 9.59 Å². The molecule has 7 nitrogen and oxygen atoms in total. The van der Waals surface area contributed by atoms with E-state index < -0.39 is 0 Å². The molecule has 1 heterocycles. The van der Waals surface area contributed by atoms with Gasteiger partial charge >= 0.3 is 0 Å². The summed E-state index contributed by atoms with van der Waals surface area (Å²) < 4.78 is 1.69. The number of amides is 2. The van der Waals surface area contributed by atoms with Crippen molar-refractivity contribution >= 4 is 17.5 Å². The van der Waals surface area contributed by atoms with Crippen LogP contribution in [-0.2, 0) is 11.3 Å². The Hall–Kier alpha value is -3.48. The largest absolute Gasteiger partial charge is 0.349 e. The molecule has 3 rings (SSSR count). The maximum Gasteiger partial charge on any atom is 0.251 e. The summed E-state index contributed by atoms with van der Waals surface area (Å²) >= 11 is 0. The number of aromatic nitrogens is 3. The van der Waals surface area contributed by atoms with Crippen molar-refractivity contribution in [2.75, 3.05) is 5.32 Å². The summed E-state index contributed by atoms with van der Waals surface area (Å²) in [5.41, 5.74) is 2.22. The minimum Gasteiger partial charge on any atom is -0.349 e. The molecule has 2 amide bonds. The molecule has 138 valence electrons. The van der Waals surface area contributed by atoms with Crippen LogP contribution in [-0.4, -0.2) is 32.6 Å². The predicted molar refractivity (Wildman–Crippen MR) is 102 cm³/mol. The molecule has 2 N–H and O–H groups in total. The molecule has 0 fully saturated rings. The van der Waals surface area contributed by atoms with Crippen molar-refractivity contribution in [1.29, 1.82) is 0 Å². The Morgan fingerprint density at radius 3 is 2.56 bits per heavy atom. The van der Waals surface area contributed by atoms with Crippen LogP contribution in [0.4, 0.5) is 5.69 Å². The molecule has 0 saturated heterocycles. The average Bonchev–Trinajstić information content (AvgIpc) is 3.17. The second kappa shape index (κ2) is 8.75. The second-order valence-corrected chi connectivity index (χ2v) is 6.24. The number of nitrogens with one attached hydrogen (secondary N) is 2. The monoisotopic (exact) mass is 363 g/mol. The number of anilines is 1. The molecule has 1 atom stereocenters. The highest BCUT2D eigenvalue weighted by Crippen LogP contribution is 2.16. The summed E-state index contributed by atoms with van der Waals surface area (Å²) in [6, 6.07) is 16.2. The fraction of sp³-hybridized carbons (Fsp3) is 0.200. The van der Waals surface area contributed by atoms with Gasteiger partial charge in [0.25, 0.3) is 5.91 Å². The fourth-order valence-corrected chi connectivity index (χ4v) is 2.70. The lowest BCUT2D eigenvalue weighted by Gasteiger charge is -2.15. The minimum atomic E-state index is -0.291. The first-order chi connectivity index (χ1) is 13.1. The van der Waals surface area contributed by atoms with Gasteiger partial charge in [-0.25, -0.2) is 9.67 Å². The van der Waals surface area contributed by atoms with E-state index in [4.69, 9.17) is 0 Å². The fourth-order valence-electron chi connectivity index (χ4n) is 2.70. The molecule has 7 heteroatoms. The van der Waals surface area contributed by atoms with Gasteiger partial charge in [-0.1, -0.05) is 36.4 Å². The van der Waals surface area contributed by atoms with Crippen LogP contribution in [0.1, 0.15) is 29.3 Å². The number of rotatable bonds is 7. The number of hydrogen-bond acceptors (Lipinski definition) is 4. The van der Waals surface area contributed by atoms with Crippen LogP contribution >= 0.6 is 0 Å². The first-order valence-electron chi connectivity index (χ1n) is 8.68. The van der Waals surface area contributed by atoms with Crippen LogP contribution in [0, 0.1) is 0 Å². The standard InChI is InChI=1S/C20H21N5O2/c1-15(23-20(27)16-7-3-2-4-8-16)11-19(26)24-18-10-6-5-9-17(18)12-25-14-21-13-22-25/h2-10,13-15H,11-12H2,1H3,(H,23,27)(H,24,26). The number of carbonyl (C=O) groups excluding carboxylic acids is 2. The molecule has 0 bridgehead atoms. The van der Waals surface area contributed by atoms with Crippen molar-refractivity contribution in [2.45, 2.75) is 25.9 Å². The lowest BCUT2D eigenvalue weighted by Crippen LogP contribution is -2.35. The Bertz CT molecular complexity index is 894. The molecular formula is C20H21N5O2. The van der Waals surface area contributed by atoms with Gasteiger partial charge in [-0.15, -0.1) is 0 Å². The van der Waals surface area contributed by atoms with Gasteiger partial charge in [0.15, 0.2) is 0 Å². The Kier molecular flexibility index (Phi) is 5.94. The Morgan fingerprint density at radius 1 is 1.07 bits per heavy atom. The van der Waals surface area contributed by atoms with Crippen LogP contribution in [0.25, 0.3) is 0 Å². The van der Waals surface area contributed by atoms with Crippen molar-refractivity contribution in [3.05, 3.63) is 78.4 Å². The van der Waals surface area contributed by atoms with Crippen LogP contribution < -0.4 is 10.6 Å². The van der Waals surface area contributed by atoms with E-state index in [1.54, 1.807) is 35.3 Å². The van der Waals surface area contributed by atoms with Crippen molar-refractivity contribution in [3.63, 3.8) is 0 Å². The molecule has 1 unspecified atom stereocenters. The highest BCUT2D eigenvalue weighted by Gasteiger charge is 2.14. The molecule has 3 aromatic rings. The summed E-state index contributed by atoms with van der Waals surface area (Å²) in [7, 11) is 0. The number of nitrogens with zero attached hydrogens (tertiary/aromatic N) is 3. The minimum absolute atomic E-state index is 0.165. The molecule has 2 aromatic carbocycles. The number of hydrogen-bond donors (Lipinski definition) is 2. The summed E-state index contributed by atoms with van der Waals surface area (Å²) in [4.78, 5) is 28.5. The molecule has 0 aliphatic heterocycles. The number of carbonyl (C=O) groups is 2. The van der Waals surface area contributed by atoms with Crippen LogP contribution in [0.3, 0.4) is 0 Å². The third kappa shape index (κ3) is 5.24. The van der Waals surface area contributed by atoms with Crippen molar-refractivity contribution in [2.24, 2.45) is 0 Å². The molecule has 0 radical (unpaired) electrons. The van der Waals surface area contributed by atoms with E-state index in [2.05, 4.69) is 20.7 Å². The second-order valence-electron chi connectivity index (χ2n) is 6.24. The molecule has 1 aromatic heterocycles. The Balaban J connectivity index is 1.57. The molecule has 27 heavy (non-hydrogen) atoms. The van der Waals surface area contributed by atoms with Gasteiger partial charge in [0.1, 0.15) is 12.7 Å². The topological polar surface area (TPSA) is 88.9 Å². The molecule has 0 aliphatic rings. The molecule has 0 aliphatic carbocycles. The number of benzene rings is 2.